The third kappa shape index (κ3) is 3.42. The van der Waals surface area contributed by atoms with Crippen molar-refractivity contribution in [2.75, 3.05) is 6.54 Å². The van der Waals surface area contributed by atoms with E-state index in [2.05, 4.69) is 10.4 Å². The molecular weight excluding hydrogens is 256 g/mol. The molecule has 20 heavy (non-hydrogen) atoms. The summed E-state index contributed by atoms with van der Waals surface area (Å²) in [6, 6.07) is 8.81. The van der Waals surface area contributed by atoms with E-state index in [0.717, 1.165) is 18.5 Å². The van der Waals surface area contributed by atoms with Crippen LogP contribution in [0.4, 0.5) is 5.69 Å². The number of rotatable bonds is 6. The third-order valence-electron chi connectivity index (χ3n) is 3.36. The first-order valence-corrected chi connectivity index (χ1v) is 6.52. The highest BCUT2D eigenvalue weighted by molar-refractivity contribution is 5.34. The molecule has 0 aliphatic rings. The Labute approximate surface area is 117 Å². The molecule has 1 heterocycles. The molecule has 0 aliphatic carbocycles. The van der Waals surface area contributed by atoms with E-state index >= 15 is 0 Å². The summed E-state index contributed by atoms with van der Waals surface area (Å²) in [6.45, 7) is 2.88. The molecule has 0 aliphatic heterocycles. The molecule has 0 fully saturated rings. The van der Waals surface area contributed by atoms with Gasteiger partial charge < -0.3 is 5.32 Å². The number of hydrogen-bond acceptors (Lipinski definition) is 4. The van der Waals surface area contributed by atoms with Crippen LogP contribution in [0, 0.1) is 10.1 Å². The first-order chi connectivity index (χ1) is 9.58. The van der Waals surface area contributed by atoms with Crippen LogP contribution in [0.1, 0.15) is 24.2 Å². The molecule has 6 nitrogen and oxygen atoms in total. The van der Waals surface area contributed by atoms with Gasteiger partial charge in [-0.05, 0) is 18.6 Å². The maximum absolute atomic E-state index is 10.6. The molecule has 0 bridgehead atoms. The molecule has 0 saturated carbocycles. The van der Waals surface area contributed by atoms with E-state index < -0.39 is 0 Å². The van der Waals surface area contributed by atoms with Crippen LogP contribution in [0.25, 0.3) is 0 Å². The van der Waals surface area contributed by atoms with Crippen LogP contribution in [-0.2, 0) is 13.5 Å². The van der Waals surface area contributed by atoms with Gasteiger partial charge in [-0.3, -0.25) is 14.8 Å². The van der Waals surface area contributed by atoms with Crippen LogP contribution in [0.15, 0.2) is 36.5 Å². The molecule has 6 heteroatoms. The van der Waals surface area contributed by atoms with Crippen LogP contribution < -0.4 is 5.32 Å². The van der Waals surface area contributed by atoms with Crippen molar-refractivity contribution in [3.05, 3.63) is 57.9 Å². The number of nitrogens with one attached hydrogen (secondary N) is 1. The molecule has 0 amide bonds. The molecular formula is C14H18N4O2. The Morgan fingerprint density at radius 3 is 2.60 bits per heavy atom. The number of benzene rings is 1. The average Bonchev–Trinajstić information content (AvgIpc) is 2.84. The fourth-order valence-electron chi connectivity index (χ4n) is 2.07. The number of nitro groups is 1. The average molecular weight is 274 g/mol. The molecule has 1 aromatic heterocycles. The molecule has 0 spiro atoms. The van der Waals surface area contributed by atoms with Crippen LogP contribution in [0.3, 0.4) is 0 Å². The zero-order valence-electron chi connectivity index (χ0n) is 11.6. The van der Waals surface area contributed by atoms with E-state index in [0.29, 0.717) is 0 Å². The van der Waals surface area contributed by atoms with Crippen molar-refractivity contribution >= 4 is 5.69 Å². The van der Waals surface area contributed by atoms with Crippen molar-refractivity contribution in [3.63, 3.8) is 0 Å². The summed E-state index contributed by atoms with van der Waals surface area (Å²) in [5, 5.41) is 18.1. The second kappa shape index (κ2) is 6.29. The number of nitrogens with zero attached hydrogens (tertiary/aromatic N) is 3. The number of aryl methyl sites for hydroxylation is 1. The molecule has 1 atom stereocenters. The van der Waals surface area contributed by atoms with Gasteiger partial charge in [0.25, 0.3) is 5.69 Å². The normalized spacial score (nSPS) is 12.3. The van der Waals surface area contributed by atoms with Gasteiger partial charge in [-0.15, -0.1) is 0 Å². The fraction of sp³-hybridized carbons (Fsp3) is 0.357. The van der Waals surface area contributed by atoms with Gasteiger partial charge in [0.05, 0.1) is 4.92 Å². The maximum atomic E-state index is 10.6. The second-order valence-corrected chi connectivity index (χ2v) is 4.72. The maximum Gasteiger partial charge on any atom is 0.269 e. The molecule has 1 unspecified atom stereocenters. The Morgan fingerprint density at radius 2 is 2.05 bits per heavy atom. The van der Waals surface area contributed by atoms with Gasteiger partial charge in [0.15, 0.2) is 0 Å². The van der Waals surface area contributed by atoms with E-state index in [1.165, 1.54) is 17.8 Å². The lowest BCUT2D eigenvalue weighted by atomic mass is 10.1. The highest BCUT2D eigenvalue weighted by Crippen LogP contribution is 2.17. The fourth-order valence-corrected chi connectivity index (χ4v) is 2.07. The first-order valence-electron chi connectivity index (χ1n) is 6.52. The highest BCUT2D eigenvalue weighted by Gasteiger charge is 2.08. The van der Waals surface area contributed by atoms with Crippen molar-refractivity contribution < 1.29 is 4.92 Å². The van der Waals surface area contributed by atoms with Crippen molar-refractivity contribution in [3.8, 4) is 0 Å². The SMILES string of the molecule is CC(NCCc1ccnn1C)c1ccc([N+](=O)[O-])cc1. The Hall–Kier alpha value is -2.21. The van der Waals surface area contributed by atoms with E-state index in [-0.39, 0.29) is 16.7 Å². The van der Waals surface area contributed by atoms with E-state index in [1.807, 2.05) is 24.7 Å². The quantitative estimate of drug-likeness (QED) is 0.647. The lowest BCUT2D eigenvalue weighted by molar-refractivity contribution is -0.384. The van der Waals surface area contributed by atoms with Crippen molar-refractivity contribution in [1.29, 1.82) is 0 Å². The number of nitro benzene ring substituents is 1. The summed E-state index contributed by atoms with van der Waals surface area (Å²) in [6.07, 6.45) is 2.68. The predicted molar refractivity (Wildman–Crippen MR) is 76.4 cm³/mol. The molecule has 0 saturated heterocycles. The highest BCUT2D eigenvalue weighted by atomic mass is 16.6. The Bertz CT molecular complexity index is 577. The molecule has 1 N–H and O–H groups in total. The lowest BCUT2D eigenvalue weighted by Crippen LogP contribution is -2.22. The number of non-ortho nitro benzene ring substituents is 1. The van der Waals surface area contributed by atoms with Gasteiger partial charge >= 0.3 is 0 Å². The predicted octanol–water partition coefficient (Wildman–Crippen LogP) is 2.22. The molecule has 0 radical (unpaired) electrons. The zero-order valence-corrected chi connectivity index (χ0v) is 11.6. The van der Waals surface area contributed by atoms with E-state index in [1.54, 1.807) is 18.3 Å². The van der Waals surface area contributed by atoms with E-state index in [4.69, 9.17) is 0 Å². The monoisotopic (exact) mass is 274 g/mol. The van der Waals surface area contributed by atoms with Crippen molar-refractivity contribution in [2.24, 2.45) is 7.05 Å². The molecule has 2 aromatic rings. The second-order valence-electron chi connectivity index (χ2n) is 4.72. The number of aromatic nitrogens is 2. The lowest BCUT2D eigenvalue weighted by Gasteiger charge is -2.14. The van der Waals surface area contributed by atoms with Crippen LogP contribution >= 0.6 is 0 Å². The third-order valence-corrected chi connectivity index (χ3v) is 3.36. The van der Waals surface area contributed by atoms with Gasteiger partial charge in [-0.1, -0.05) is 12.1 Å². The van der Waals surface area contributed by atoms with Gasteiger partial charge in [0, 0.05) is 50.1 Å². The van der Waals surface area contributed by atoms with Gasteiger partial charge in [0.2, 0.25) is 0 Å². The van der Waals surface area contributed by atoms with Crippen LogP contribution in [0.5, 0.6) is 0 Å². The van der Waals surface area contributed by atoms with Crippen molar-refractivity contribution in [2.45, 2.75) is 19.4 Å². The number of hydrogen-bond donors (Lipinski definition) is 1. The summed E-state index contributed by atoms with van der Waals surface area (Å²) in [4.78, 5) is 10.2. The molecule has 106 valence electrons. The largest absolute Gasteiger partial charge is 0.310 e. The smallest absolute Gasteiger partial charge is 0.269 e. The zero-order chi connectivity index (χ0) is 14.5. The Morgan fingerprint density at radius 1 is 1.35 bits per heavy atom. The van der Waals surface area contributed by atoms with Crippen LogP contribution in [-0.4, -0.2) is 21.2 Å². The van der Waals surface area contributed by atoms with Gasteiger partial charge in [0.1, 0.15) is 0 Å². The van der Waals surface area contributed by atoms with Crippen molar-refractivity contribution in [1.82, 2.24) is 15.1 Å². The summed E-state index contributed by atoms with van der Waals surface area (Å²) in [5.74, 6) is 0. The minimum atomic E-state index is -0.385. The van der Waals surface area contributed by atoms with Crippen LogP contribution in [0.2, 0.25) is 0 Å². The van der Waals surface area contributed by atoms with E-state index in [9.17, 15) is 10.1 Å². The standard InChI is InChI=1S/C14H18N4O2/c1-11(12-3-5-14(6-4-12)18(19)20)15-9-7-13-8-10-16-17(13)2/h3-6,8,10-11,15H,7,9H2,1-2H3. The van der Waals surface area contributed by atoms with Gasteiger partial charge in [-0.25, -0.2) is 0 Å². The summed E-state index contributed by atoms with van der Waals surface area (Å²) >= 11 is 0. The summed E-state index contributed by atoms with van der Waals surface area (Å²) in [7, 11) is 1.93. The minimum absolute atomic E-state index is 0.121. The molecule has 2 rings (SSSR count). The Balaban J connectivity index is 1.87. The summed E-state index contributed by atoms with van der Waals surface area (Å²) < 4.78 is 1.86. The summed E-state index contributed by atoms with van der Waals surface area (Å²) in [5.41, 5.74) is 2.34. The van der Waals surface area contributed by atoms with Gasteiger partial charge in [-0.2, -0.15) is 5.10 Å². The Kier molecular flexibility index (Phi) is 4.47. The molecule has 1 aromatic carbocycles. The topological polar surface area (TPSA) is 73.0 Å². The minimum Gasteiger partial charge on any atom is -0.310 e. The first kappa shape index (κ1) is 14.2.